The topological polar surface area (TPSA) is 98.0 Å². The van der Waals surface area contributed by atoms with Gasteiger partial charge in [0.25, 0.3) is 5.56 Å². The third-order valence-corrected chi connectivity index (χ3v) is 8.15. The summed E-state index contributed by atoms with van der Waals surface area (Å²) in [6, 6.07) is 14.8. The van der Waals surface area contributed by atoms with Crippen molar-refractivity contribution in [3.63, 3.8) is 0 Å². The van der Waals surface area contributed by atoms with Gasteiger partial charge in [-0.25, -0.2) is 18.2 Å². The van der Waals surface area contributed by atoms with Crippen LogP contribution >= 0.6 is 11.3 Å². The second-order valence-corrected chi connectivity index (χ2v) is 10.4. The van der Waals surface area contributed by atoms with E-state index in [1.807, 2.05) is 24.3 Å². The molecular weight excluding hydrogens is 462 g/mol. The first-order chi connectivity index (χ1) is 15.9. The van der Waals surface area contributed by atoms with Gasteiger partial charge in [0, 0.05) is 30.7 Å². The maximum atomic E-state index is 13.1. The molecule has 168 valence electrons. The Labute approximate surface area is 193 Å². The van der Waals surface area contributed by atoms with Crippen LogP contribution < -0.4 is 5.56 Å². The molecule has 0 atom stereocenters. The summed E-state index contributed by atoms with van der Waals surface area (Å²) >= 11 is 1.31. The average Bonchev–Trinajstić information content (AvgIpc) is 3.32. The molecule has 2 aromatic carbocycles. The Morgan fingerprint density at radius 1 is 1.09 bits per heavy atom. The Balaban J connectivity index is 1.27. The Morgan fingerprint density at radius 2 is 1.85 bits per heavy atom. The minimum atomic E-state index is -3.69. The van der Waals surface area contributed by atoms with Gasteiger partial charge in [0.05, 0.1) is 16.2 Å². The van der Waals surface area contributed by atoms with Crippen LogP contribution in [0.5, 0.6) is 0 Å². The fraction of sp³-hybridized carbons (Fsp3) is 0.174. The van der Waals surface area contributed by atoms with E-state index in [1.165, 1.54) is 50.4 Å². The van der Waals surface area contributed by atoms with Gasteiger partial charge in [-0.1, -0.05) is 24.3 Å². The van der Waals surface area contributed by atoms with Crippen LogP contribution in [0.2, 0.25) is 0 Å². The molecular formula is C23H19N3O5S2. The molecule has 0 radical (unpaired) electrons. The number of thiazole rings is 1. The summed E-state index contributed by atoms with van der Waals surface area (Å²) in [4.78, 5) is 29.4. The molecule has 0 bridgehead atoms. The van der Waals surface area contributed by atoms with Crippen LogP contribution in [0.1, 0.15) is 27.2 Å². The standard InChI is InChI=1S/C23H19N3O5S2/c27-21-13-19(24-23-26(21)11-12-32-23)15-31-22(28)17-5-7-20(8-6-17)33(29,30)25-10-9-16-3-1-2-4-18(16)14-25/h1-8,11-13H,9-10,14-15H2. The fourth-order valence-corrected chi connectivity index (χ4v) is 5.93. The monoisotopic (exact) mass is 481 g/mol. The molecule has 0 unspecified atom stereocenters. The SMILES string of the molecule is O=C(OCc1cc(=O)n2ccsc2n1)c1ccc(S(=O)(=O)N2CCc3ccccc3C2)cc1. The second-order valence-electron chi connectivity index (χ2n) is 7.60. The molecule has 0 fully saturated rings. The van der Waals surface area contributed by atoms with Crippen molar-refractivity contribution in [1.29, 1.82) is 0 Å². The average molecular weight is 482 g/mol. The largest absolute Gasteiger partial charge is 0.456 e. The van der Waals surface area contributed by atoms with Crippen LogP contribution in [-0.2, 0) is 34.3 Å². The molecule has 0 aliphatic carbocycles. The third kappa shape index (κ3) is 4.20. The van der Waals surface area contributed by atoms with Crippen molar-refractivity contribution in [2.45, 2.75) is 24.5 Å². The van der Waals surface area contributed by atoms with Crippen molar-refractivity contribution in [2.24, 2.45) is 0 Å². The van der Waals surface area contributed by atoms with Crippen LogP contribution in [0.4, 0.5) is 0 Å². The zero-order valence-electron chi connectivity index (χ0n) is 17.4. The molecule has 1 aliphatic heterocycles. The van der Waals surface area contributed by atoms with Crippen LogP contribution in [0.3, 0.4) is 0 Å². The summed E-state index contributed by atoms with van der Waals surface area (Å²) in [6.07, 6.45) is 2.29. The molecule has 0 saturated carbocycles. The van der Waals surface area contributed by atoms with Crippen LogP contribution in [0.25, 0.3) is 4.96 Å². The number of fused-ring (bicyclic) bond motifs is 2. The van der Waals surface area contributed by atoms with Crippen molar-refractivity contribution >= 4 is 32.3 Å². The molecule has 8 nitrogen and oxygen atoms in total. The van der Waals surface area contributed by atoms with Gasteiger partial charge in [-0.3, -0.25) is 9.20 Å². The Kier molecular flexibility index (Phi) is 5.57. The molecule has 3 heterocycles. The Bertz CT molecular complexity index is 1510. The van der Waals surface area contributed by atoms with Gasteiger partial charge in [0.2, 0.25) is 10.0 Å². The van der Waals surface area contributed by atoms with E-state index < -0.39 is 16.0 Å². The number of ether oxygens (including phenoxy) is 1. The van der Waals surface area contributed by atoms with Gasteiger partial charge in [0.1, 0.15) is 6.61 Å². The van der Waals surface area contributed by atoms with Gasteiger partial charge >= 0.3 is 5.97 Å². The number of aromatic nitrogens is 2. The van der Waals surface area contributed by atoms with E-state index in [9.17, 15) is 18.0 Å². The zero-order chi connectivity index (χ0) is 23.0. The van der Waals surface area contributed by atoms with Crippen molar-refractivity contribution in [3.8, 4) is 0 Å². The number of nitrogens with zero attached hydrogens (tertiary/aromatic N) is 3. The summed E-state index contributed by atoms with van der Waals surface area (Å²) in [5, 5.41) is 1.75. The van der Waals surface area contributed by atoms with Crippen LogP contribution in [0, 0.1) is 0 Å². The highest BCUT2D eigenvalue weighted by molar-refractivity contribution is 7.89. The van der Waals surface area contributed by atoms with Crippen LogP contribution in [-0.4, -0.2) is 34.6 Å². The van der Waals surface area contributed by atoms with E-state index in [1.54, 1.807) is 11.6 Å². The first kappa shape index (κ1) is 21.5. The second kappa shape index (κ2) is 8.54. The number of sulfonamides is 1. The van der Waals surface area contributed by atoms with Gasteiger partial charge < -0.3 is 4.74 Å². The normalized spacial score (nSPS) is 14.2. The molecule has 0 amide bonds. The van der Waals surface area contributed by atoms with Crippen molar-refractivity contribution in [1.82, 2.24) is 13.7 Å². The van der Waals surface area contributed by atoms with Gasteiger partial charge in [0.15, 0.2) is 4.96 Å². The molecule has 0 N–H and O–H groups in total. The van der Waals surface area contributed by atoms with E-state index in [-0.39, 0.29) is 22.6 Å². The minimum Gasteiger partial charge on any atom is -0.456 e. The zero-order valence-corrected chi connectivity index (χ0v) is 19.0. The predicted octanol–water partition coefficient (Wildman–Crippen LogP) is 2.86. The van der Waals surface area contributed by atoms with E-state index in [0.717, 1.165) is 11.1 Å². The lowest BCUT2D eigenvalue weighted by molar-refractivity contribution is 0.0467. The number of carbonyl (C=O) groups excluding carboxylic acids is 1. The fourth-order valence-electron chi connectivity index (χ4n) is 3.77. The highest BCUT2D eigenvalue weighted by atomic mass is 32.2. The highest BCUT2D eigenvalue weighted by Gasteiger charge is 2.28. The third-order valence-electron chi connectivity index (χ3n) is 5.53. The molecule has 2 aromatic heterocycles. The summed E-state index contributed by atoms with van der Waals surface area (Å²) < 4.78 is 34.3. The lowest BCUT2D eigenvalue weighted by atomic mass is 10.0. The number of hydrogen-bond acceptors (Lipinski definition) is 7. The number of carbonyl (C=O) groups is 1. The number of esters is 1. The van der Waals surface area contributed by atoms with Crippen molar-refractivity contribution in [2.75, 3.05) is 6.54 Å². The Morgan fingerprint density at radius 3 is 2.64 bits per heavy atom. The summed E-state index contributed by atoms with van der Waals surface area (Å²) in [7, 11) is -3.69. The molecule has 5 rings (SSSR count). The molecule has 10 heteroatoms. The van der Waals surface area contributed by atoms with Crippen molar-refractivity contribution in [3.05, 3.63) is 98.9 Å². The predicted molar refractivity (Wildman–Crippen MR) is 123 cm³/mol. The highest BCUT2D eigenvalue weighted by Crippen LogP contribution is 2.25. The lowest BCUT2D eigenvalue weighted by Gasteiger charge is -2.28. The van der Waals surface area contributed by atoms with E-state index in [4.69, 9.17) is 4.74 Å². The van der Waals surface area contributed by atoms with Gasteiger partial charge in [-0.2, -0.15) is 4.31 Å². The first-order valence-corrected chi connectivity index (χ1v) is 12.5. The number of benzene rings is 2. The maximum absolute atomic E-state index is 13.1. The molecule has 0 saturated heterocycles. The molecule has 4 aromatic rings. The van der Waals surface area contributed by atoms with E-state index >= 15 is 0 Å². The molecule has 1 aliphatic rings. The van der Waals surface area contributed by atoms with Crippen molar-refractivity contribution < 1.29 is 17.9 Å². The lowest BCUT2D eigenvalue weighted by Crippen LogP contribution is -2.35. The molecule has 33 heavy (non-hydrogen) atoms. The number of hydrogen-bond donors (Lipinski definition) is 0. The Hall–Kier alpha value is -3.34. The van der Waals surface area contributed by atoms with Gasteiger partial charge in [-0.05, 0) is 41.8 Å². The van der Waals surface area contributed by atoms with E-state index in [0.29, 0.717) is 30.2 Å². The summed E-state index contributed by atoms with van der Waals surface area (Å²) in [6.45, 7) is 0.574. The summed E-state index contributed by atoms with van der Waals surface area (Å²) in [5.74, 6) is -0.626. The first-order valence-electron chi connectivity index (χ1n) is 10.2. The van der Waals surface area contributed by atoms with Crippen LogP contribution in [0.15, 0.2) is 75.9 Å². The van der Waals surface area contributed by atoms with Gasteiger partial charge in [-0.15, -0.1) is 11.3 Å². The summed E-state index contributed by atoms with van der Waals surface area (Å²) in [5.41, 5.74) is 2.48. The minimum absolute atomic E-state index is 0.122. The number of rotatable bonds is 5. The smallest absolute Gasteiger partial charge is 0.338 e. The maximum Gasteiger partial charge on any atom is 0.338 e. The van der Waals surface area contributed by atoms with E-state index in [2.05, 4.69) is 4.98 Å². The molecule has 0 spiro atoms. The quantitative estimate of drug-likeness (QED) is 0.407.